The predicted molar refractivity (Wildman–Crippen MR) is 62.7 cm³/mol. The first-order valence-electron chi connectivity index (χ1n) is 5.98. The van der Waals surface area contributed by atoms with E-state index < -0.39 is 0 Å². The van der Waals surface area contributed by atoms with Gasteiger partial charge in [0.2, 0.25) is 5.91 Å². The van der Waals surface area contributed by atoms with Crippen molar-refractivity contribution >= 4 is 5.91 Å². The molecule has 3 unspecified atom stereocenters. The molecule has 1 fully saturated rings. The van der Waals surface area contributed by atoms with Gasteiger partial charge in [0.1, 0.15) is 0 Å². The number of amides is 1. The molecule has 0 aromatic carbocycles. The van der Waals surface area contributed by atoms with Crippen molar-refractivity contribution in [2.45, 2.75) is 51.6 Å². The Bertz CT molecular complexity index is 216. The van der Waals surface area contributed by atoms with Gasteiger partial charge in [-0.1, -0.05) is 19.8 Å². The molecule has 0 bridgehead atoms. The minimum Gasteiger partial charge on any atom is -0.347 e. The van der Waals surface area contributed by atoms with E-state index in [4.69, 9.17) is 0 Å². The minimum absolute atomic E-state index is 0.0460. The Balaban J connectivity index is 2.36. The number of rotatable bonds is 3. The quantitative estimate of drug-likeness (QED) is 0.771. The molecule has 88 valence electrons. The van der Waals surface area contributed by atoms with Crippen LogP contribution in [0, 0.1) is 5.92 Å². The molecule has 1 rings (SSSR count). The van der Waals surface area contributed by atoms with Gasteiger partial charge in [-0.05, 0) is 25.7 Å². The highest BCUT2D eigenvalue weighted by Crippen LogP contribution is 2.23. The van der Waals surface area contributed by atoms with Gasteiger partial charge >= 0.3 is 0 Å². The van der Waals surface area contributed by atoms with Crippen molar-refractivity contribution in [2.75, 3.05) is 14.1 Å². The van der Waals surface area contributed by atoms with Crippen LogP contribution in [0.25, 0.3) is 0 Å². The molecule has 3 atom stereocenters. The molecule has 0 aromatic heterocycles. The second kappa shape index (κ2) is 5.50. The molecule has 3 nitrogen and oxygen atoms in total. The Morgan fingerprint density at radius 3 is 2.60 bits per heavy atom. The normalized spacial score (nSPS) is 28.5. The van der Waals surface area contributed by atoms with Crippen LogP contribution in [-0.4, -0.2) is 37.0 Å². The Kier molecular flexibility index (Phi) is 4.58. The molecule has 0 aromatic rings. The Labute approximate surface area is 93.2 Å². The van der Waals surface area contributed by atoms with E-state index in [9.17, 15) is 4.79 Å². The lowest BCUT2D eigenvalue weighted by atomic mass is 9.87. The van der Waals surface area contributed by atoms with Crippen molar-refractivity contribution in [3.8, 4) is 0 Å². The summed E-state index contributed by atoms with van der Waals surface area (Å²) >= 11 is 0. The van der Waals surface area contributed by atoms with Crippen LogP contribution in [0.5, 0.6) is 0 Å². The Morgan fingerprint density at radius 1 is 1.40 bits per heavy atom. The van der Waals surface area contributed by atoms with Crippen LogP contribution in [0.2, 0.25) is 0 Å². The second-order valence-electron chi connectivity index (χ2n) is 5.09. The van der Waals surface area contributed by atoms with Crippen LogP contribution in [-0.2, 0) is 4.79 Å². The molecule has 3 heteroatoms. The predicted octanol–water partition coefficient (Wildman–Crippen LogP) is 1.63. The number of carbonyl (C=O) groups is 1. The fraction of sp³-hybridized carbons (Fsp3) is 0.917. The molecule has 1 saturated carbocycles. The topological polar surface area (TPSA) is 32.3 Å². The highest BCUT2D eigenvalue weighted by molar-refractivity contribution is 5.80. The van der Waals surface area contributed by atoms with Crippen molar-refractivity contribution < 1.29 is 4.79 Å². The number of hydrogen-bond donors (Lipinski definition) is 1. The SMILES string of the molecule is CC1CCCC(NC(C)C(=O)N(C)C)C1. The Hall–Kier alpha value is -0.570. The zero-order valence-corrected chi connectivity index (χ0v) is 10.4. The number of nitrogens with one attached hydrogen (secondary N) is 1. The summed E-state index contributed by atoms with van der Waals surface area (Å²) in [6.07, 6.45) is 5.07. The molecule has 0 spiro atoms. The zero-order valence-electron chi connectivity index (χ0n) is 10.4. The lowest BCUT2D eigenvalue weighted by Crippen LogP contribution is -2.47. The molecule has 1 amide bonds. The molecule has 0 radical (unpaired) electrons. The van der Waals surface area contributed by atoms with Crippen molar-refractivity contribution in [2.24, 2.45) is 5.92 Å². The molecule has 0 heterocycles. The molecule has 1 aliphatic rings. The largest absolute Gasteiger partial charge is 0.347 e. The van der Waals surface area contributed by atoms with E-state index in [1.807, 2.05) is 21.0 Å². The zero-order chi connectivity index (χ0) is 11.4. The minimum atomic E-state index is -0.0460. The van der Waals surface area contributed by atoms with Gasteiger partial charge in [0.15, 0.2) is 0 Å². The van der Waals surface area contributed by atoms with Gasteiger partial charge in [-0.3, -0.25) is 4.79 Å². The average Bonchev–Trinajstić information content (AvgIpc) is 2.16. The van der Waals surface area contributed by atoms with Crippen LogP contribution in [0.1, 0.15) is 39.5 Å². The van der Waals surface area contributed by atoms with Gasteiger partial charge in [0.05, 0.1) is 6.04 Å². The summed E-state index contributed by atoms with van der Waals surface area (Å²) in [5, 5.41) is 3.44. The summed E-state index contributed by atoms with van der Waals surface area (Å²) in [5.41, 5.74) is 0. The number of carbonyl (C=O) groups excluding carboxylic acids is 1. The Morgan fingerprint density at radius 2 is 2.07 bits per heavy atom. The number of hydrogen-bond acceptors (Lipinski definition) is 2. The third-order valence-corrected chi connectivity index (χ3v) is 3.23. The lowest BCUT2D eigenvalue weighted by Gasteiger charge is -2.30. The van der Waals surface area contributed by atoms with Gasteiger partial charge in [0.25, 0.3) is 0 Å². The van der Waals surface area contributed by atoms with E-state index in [0.29, 0.717) is 6.04 Å². The van der Waals surface area contributed by atoms with Crippen LogP contribution >= 0.6 is 0 Å². The summed E-state index contributed by atoms with van der Waals surface area (Å²) in [7, 11) is 3.62. The fourth-order valence-corrected chi connectivity index (χ4v) is 2.40. The lowest BCUT2D eigenvalue weighted by molar-refractivity contribution is -0.130. The fourth-order valence-electron chi connectivity index (χ4n) is 2.40. The van der Waals surface area contributed by atoms with Crippen molar-refractivity contribution in [3.05, 3.63) is 0 Å². The van der Waals surface area contributed by atoms with Gasteiger partial charge < -0.3 is 10.2 Å². The molecule has 0 aliphatic heterocycles. The summed E-state index contributed by atoms with van der Waals surface area (Å²) in [6.45, 7) is 4.26. The molecule has 15 heavy (non-hydrogen) atoms. The van der Waals surface area contributed by atoms with Gasteiger partial charge in [0, 0.05) is 20.1 Å². The van der Waals surface area contributed by atoms with E-state index in [2.05, 4.69) is 12.2 Å². The molecular formula is C12H24N2O. The molecule has 1 aliphatic carbocycles. The summed E-state index contributed by atoms with van der Waals surface area (Å²) in [5.74, 6) is 0.978. The smallest absolute Gasteiger partial charge is 0.238 e. The first-order valence-corrected chi connectivity index (χ1v) is 5.98. The first-order chi connectivity index (χ1) is 7.00. The van der Waals surface area contributed by atoms with Crippen LogP contribution in [0.3, 0.4) is 0 Å². The van der Waals surface area contributed by atoms with E-state index >= 15 is 0 Å². The van der Waals surface area contributed by atoms with Crippen molar-refractivity contribution in [3.63, 3.8) is 0 Å². The highest BCUT2D eigenvalue weighted by Gasteiger charge is 2.23. The van der Waals surface area contributed by atoms with Gasteiger partial charge in [-0.15, -0.1) is 0 Å². The summed E-state index contributed by atoms with van der Waals surface area (Å²) in [4.78, 5) is 13.3. The second-order valence-corrected chi connectivity index (χ2v) is 5.09. The van der Waals surface area contributed by atoms with Gasteiger partial charge in [-0.2, -0.15) is 0 Å². The van der Waals surface area contributed by atoms with Crippen LogP contribution < -0.4 is 5.32 Å². The monoisotopic (exact) mass is 212 g/mol. The maximum atomic E-state index is 11.7. The summed E-state index contributed by atoms with van der Waals surface area (Å²) in [6, 6.07) is 0.489. The van der Waals surface area contributed by atoms with E-state index in [1.165, 1.54) is 25.7 Å². The standard InChI is InChI=1S/C12H24N2O/c1-9-6-5-7-11(8-9)13-10(2)12(15)14(3)4/h9-11,13H,5-8H2,1-4H3. The first kappa shape index (κ1) is 12.5. The van der Waals surface area contributed by atoms with E-state index in [1.54, 1.807) is 4.90 Å². The maximum absolute atomic E-state index is 11.7. The highest BCUT2D eigenvalue weighted by atomic mass is 16.2. The van der Waals surface area contributed by atoms with Crippen LogP contribution in [0.4, 0.5) is 0 Å². The van der Waals surface area contributed by atoms with Gasteiger partial charge in [-0.25, -0.2) is 0 Å². The molecule has 0 saturated heterocycles. The average molecular weight is 212 g/mol. The molecule has 1 N–H and O–H groups in total. The third-order valence-electron chi connectivity index (χ3n) is 3.23. The number of likely N-dealkylation sites (N-methyl/N-ethyl adjacent to an activating group) is 1. The third kappa shape index (κ3) is 3.82. The summed E-state index contributed by atoms with van der Waals surface area (Å²) < 4.78 is 0. The van der Waals surface area contributed by atoms with Crippen molar-refractivity contribution in [1.29, 1.82) is 0 Å². The van der Waals surface area contributed by atoms with E-state index in [-0.39, 0.29) is 11.9 Å². The van der Waals surface area contributed by atoms with E-state index in [0.717, 1.165) is 5.92 Å². The maximum Gasteiger partial charge on any atom is 0.238 e. The van der Waals surface area contributed by atoms with Crippen LogP contribution in [0.15, 0.2) is 0 Å². The molecular weight excluding hydrogens is 188 g/mol. The van der Waals surface area contributed by atoms with Crippen molar-refractivity contribution in [1.82, 2.24) is 10.2 Å². The number of nitrogens with zero attached hydrogens (tertiary/aromatic N) is 1.